The minimum atomic E-state index is -2.33. The Kier molecular flexibility index (Phi) is 11.9. The van der Waals surface area contributed by atoms with Crippen LogP contribution in [0.4, 0.5) is 4.79 Å². The highest BCUT2D eigenvalue weighted by Crippen LogP contribution is 1.38. The van der Waals surface area contributed by atoms with E-state index in [2.05, 4.69) is 6.58 Å². The van der Waals surface area contributed by atoms with E-state index in [0.29, 0.717) is 0 Å². The molecule has 0 aliphatic carbocycles. The Balaban J connectivity index is 0. The van der Waals surface area contributed by atoms with Gasteiger partial charge < -0.3 is 15.0 Å². The highest BCUT2D eigenvalue weighted by Gasteiger charge is 1.26. The number of carbonyl (C=O) groups excluding carboxylic acids is 1. The smallest absolute Gasteiger partial charge is 0.0431 e. The van der Waals surface area contributed by atoms with Gasteiger partial charge in [-0.25, -0.2) is 0 Å². The molecule has 0 bridgehead atoms. The van der Waals surface area contributed by atoms with Crippen LogP contribution in [0.15, 0.2) is 12.7 Å². The number of carboxylic acid groups (broad SMARTS) is 2. The molecule has 0 atom stereocenters. The lowest BCUT2D eigenvalue weighted by Crippen LogP contribution is -2.37. The van der Waals surface area contributed by atoms with E-state index in [-0.39, 0.29) is 0 Å². The number of carbonyl (C=O) groups is 1. The normalized spacial score (nSPS) is 5.29. The van der Waals surface area contributed by atoms with E-state index in [9.17, 15) is 0 Å². The fourth-order valence-electron chi connectivity index (χ4n) is 0. The van der Waals surface area contributed by atoms with Gasteiger partial charge in [-0.15, -0.1) is 6.58 Å². The number of rotatable bonds is 0. The topological polar surface area (TPSA) is 63.2 Å². The molecule has 3 heteroatoms. The summed E-state index contributed by atoms with van der Waals surface area (Å²) in [6.07, 6.45) is -0.583. The molecule has 0 aliphatic rings. The highest BCUT2D eigenvalue weighted by atomic mass is 16.6. The van der Waals surface area contributed by atoms with Gasteiger partial charge in [0.2, 0.25) is 0 Å². The fourth-order valence-corrected chi connectivity index (χ4v) is 0. The Morgan fingerprint density at radius 3 is 1.71 bits per heavy atom. The largest absolute Gasteiger partial charge is 0.652 e. The van der Waals surface area contributed by atoms with E-state index in [0.717, 1.165) is 0 Å². The molecule has 42 valence electrons. The van der Waals surface area contributed by atoms with Crippen molar-refractivity contribution in [2.75, 3.05) is 0 Å². The van der Waals surface area contributed by atoms with Crippen molar-refractivity contribution >= 4 is 6.16 Å². The maximum Gasteiger partial charge on any atom is -0.0431 e. The zero-order valence-electron chi connectivity index (χ0n) is 4.01. The van der Waals surface area contributed by atoms with Crippen LogP contribution in [0, 0.1) is 0 Å². The third-order valence-corrected chi connectivity index (χ3v) is 0. The van der Waals surface area contributed by atoms with Crippen LogP contribution >= 0.6 is 0 Å². The van der Waals surface area contributed by atoms with E-state index < -0.39 is 6.16 Å². The quantitative estimate of drug-likeness (QED) is 0.359. The van der Waals surface area contributed by atoms with Crippen LogP contribution in [0.1, 0.15) is 6.92 Å². The summed E-state index contributed by atoms with van der Waals surface area (Å²) in [5, 5.41) is 16.7. The molecule has 0 fully saturated rings. The van der Waals surface area contributed by atoms with E-state index in [1.165, 1.54) is 0 Å². The molecule has 0 unspecified atom stereocenters. The average molecular weight is 102 g/mol. The predicted octanol–water partition coefficient (Wildman–Crippen LogP) is -1.25. The highest BCUT2D eigenvalue weighted by molar-refractivity contribution is 5.47. The zero-order valence-corrected chi connectivity index (χ0v) is 4.01. The second-order valence-corrected chi connectivity index (χ2v) is 0.658. The Morgan fingerprint density at radius 1 is 1.71 bits per heavy atom. The number of hydrogen-bond donors (Lipinski definition) is 0. The van der Waals surface area contributed by atoms with Crippen molar-refractivity contribution in [3.05, 3.63) is 12.7 Å². The summed E-state index contributed by atoms with van der Waals surface area (Å²) in [6.45, 7) is 5.25. The SMILES string of the molecule is C=CC.O=C([O-])[O-]. The summed E-state index contributed by atoms with van der Waals surface area (Å²) in [5.41, 5.74) is 0. The van der Waals surface area contributed by atoms with Gasteiger partial charge in [0.15, 0.2) is 0 Å². The summed E-state index contributed by atoms with van der Waals surface area (Å²) < 4.78 is 0. The fraction of sp³-hybridized carbons (Fsp3) is 0.250. The van der Waals surface area contributed by atoms with Crippen LogP contribution in [0.25, 0.3) is 0 Å². The van der Waals surface area contributed by atoms with Crippen molar-refractivity contribution in [3.8, 4) is 0 Å². The molecule has 0 aromatic heterocycles. The maximum atomic E-state index is 8.33. The van der Waals surface area contributed by atoms with Crippen molar-refractivity contribution < 1.29 is 15.0 Å². The Labute approximate surface area is 41.9 Å². The van der Waals surface area contributed by atoms with Gasteiger partial charge in [-0.1, -0.05) is 6.08 Å². The lowest BCUT2D eigenvalue weighted by molar-refractivity contribution is -0.415. The molecular weight excluding hydrogens is 96.0 g/mol. The van der Waals surface area contributed by atoms with Crippen LogP contribution < -0.4 is 10.2 Å². The van der Waals surface area contributed by atoms with E-state index >= 15 is 0 Å². The summed E-state index contributed by atoms with van der Waals surface area (Å²) in [5.74, 6) is 0. The van der Waals surface area contributed by atoms with E-state index in [4.69, 9.17) is 15.0 Å². The molecule has 0 aromatic carbocycles. The first-order chi connectivity index (χ1) is 3.15. The molecule has 0 amide bonds. The number of hydrogen-bond acceptors (Lipinski definition) is 3. The molecule has 0 spiro atoms. The van der Waals surface area contributed by atoms with Crippen LogP contribution in [0.3, 0.4) is 0 Å². The lowest BCUT2D eigenvalue weighted by atomic mass is 10.8. The maximum absolute atomic E-state index is 8.33. The molecule has 3 nitrogen and oxygen atoms in total. The van der Waals surface area contributed by atoms with Crippen molar-refractivity contribution in [2.45, 2.75) is 6.92 Å². The molecule has 0 aliphatic heterocycles. The van der Waals surface area contributed by atoms with Crippen LogP contribution in [-0.4, -0.2) is 6.16 Å². The van der Waals surface area contributed by atoms with Gasteiger partial charge >= 0.3 is 0 Å². The molecule has 0 radical (unpaired) electrons. The first kappa shape index (κ1) is 9.38. The monoisotopic (exact) mass is 102 g/mol. The van der Waals surface area contributed by atoms with Crippen molar-refractivity contribution in [2.24, 2.45) is 0 Å². The number of allylic oxidation sites excluding steroid dienone is 1. The third-order valence-electron chi connectivity index (χ3n) is 0. The van der Waals surface area contributed by atoms with Gasteiger partial charge in [-0.3, -0.25) is 0 Å². The van der Waals surface area contributed by atoms with Crippen LogP contribution in [0.5, 0.6) is 0 Å². The second-order valence-electron chi connectivity index (χ2n) is 0.658. The summed E-state index contributed by atoms with van der Waals surface area (Å²) in [6, 6.07) is 0. The van der Waals surface area contributed by atoms with Gasteiger partial charge in [-0.05, 0) is 13.1 Å². The Morgan fingerprint density at radius 2 is 1.71 bits per heavy atom. The van der Waals surface area contributed by atoms with Gasteiger partial charge in [0.1, 0.15) is 0 Å². The molecular formula is C4H6O3-2. The molecule has 0 saturated carbocycles. The van der Waals surface area contributed by atoms with Crippen molar-refractivity contribution in [1.82, 2.24) is 0 Å². The molecule has 0 aromatic rings. The van der Waals surface area contributed by atoms with Gasteiger partial charge in [0.25, 0.3) is 0 Å². The predicted molar refractivity (Wildman–Crippen MR) is 21.3 cm³/mol. The Bertz CT molecular complexity index is 54.0. The summed E-state index contributed by atoms with van der Waals surface area (Å²) >= 11 is 0. The standard InChI is InChI=1S/C3H6.CH2O3/c1-3-2;2-1(3)4/h3H,1H2,2H3;(H2,2,3,4)/p-2. The van der Waals surface area contributed by atoms with Gasteiger partial charge in [0.05, 0.1) is 0 Å². The van der Waals surface area contributed by atoms with E-state index in [1.54, 1.807) is 6.08 Å². The van der Waals surface area contributed by atoms with Gasteiger partial charge in [-0.2, -0.15) is 0 Å². The summed E-state index contributed by atoms with van der Waals surface area (Å²) in [7, 11) is 0. The second kappa shape index (κ2) is 8.89. The van der Waals surface area contributed by atoms with Crippen molar-refractivity contribution in [1.29, 1.82) is 0 Å². The third kappa shape index (κ3) is 46.3. The Hall–Kier alpha value is -0.990. The van der Waals surface area contributed by atoms with Crippen LogP contribution in [-0.2, 0) is 0 Å². The molecule has 0 saturated heterocycles. The molecule has 7 heavy (non-hydrogen) atoms. The van der Waals surface area contributed by atoms with Crippen molar-refractivity contribution in [3.63, 3.8) is 0 Å². The molecule has 0 heterocycles. The van der Waals surface area contributed by atoms with Crippen LogP contribution in [0.2, 0.25) is 0 Å². The molecule has 0 rings (SSSR count). The van der Waals surface area contributed by atoms with E-state index in [1.807, 2.05) is 6.92 Å². The zero-order chi connectivity index (χ0) is 6.28. The average Bonchev–Trinajstić information content (AvgIpc) is 1.33. The lowest BCUT2D eigenvalue weighted by Gasteiger charge is -1.96. The minimum absolute atomic E-state index is 1.75. The first-order valence-corrected chi connectivity index (χ1v) is 1.60. The van der Waals surface area contributed by atoms with Gasteiger partial charge in [0, 0.05) is 0 Å². The molecule has 0 N–H and O–H groups in total. The summed E-state index contributed by atoms with van der Waals surface area (Å²) in [4.78, 5) is 8.33. The first-order valence-electron chi connectivity index (χ1n) is 1.60. The minimum Gasteiger partial charge on any atom is -0.652 e.